The van der Waals surface area contributed by atoms with E-state index >= 15 is 0 Å². The Hall–Kier alpha value is -2.29. The number of para-hydroxylation sites is 1. The number of nitrogens with zero attached hydrogens (tertiary/aromatic N) is 2. The molecule has 2 aliphatic heterocycles. The Kier molecular flexibility index (Phi) is 4.96. The van der Waals surface area contributed by atoms with E-state index in [1.54, 1.807) is 26.0 Å². The van der Waals surface area contributed by atoms with E-state index in [2.05, 4.69) is 5.32 Å². The molecule has 8 heteroatoms. The summed E-state index contributed by atoms with van der Waals surface area (Å²) in [5.41, 5.74) is 1.05. The molecule has 0 unspecified atom stereocenters. The smallest absolute Gasteiger partial charge is 0.282 e. The molecule has 2 aromatic rings. The van der Waals surface area contributed by atoms with Crippen LogP contribution in [0.4, 0.5) is 10.1 Å². The largest absolute Gasteiger partial charge is 0.325 e. The maximum atomic E-state index is 13.6. The Morgan fingerprint density at radius 3 is 2.45 bits per heavy atom. The van der Waals surface area contributed by atoms with Gasteiger partial charge in [-0.05, 0) is 35.7 Å². The Balaban J connectivity index is 1.92. The van der Waals surface area contributed by atoms with Crippen molar-refractivity contribution in [1.82, 2.24) is 8.61 Å². The van der Waals surface area contributed by atoms with Crippen molar-refractivity contribution in [2.45, 2.75) is 31.7 Å². The molecule has 154 valence electrons. The Morgan fingerprint density at radius 1 is 1.14 bits per heavy atom. The van der Waals surface area contributed by atoms with E-state index < -0.39 is 27.5 Å². The molecule has 1 N–H and O–H groups in total. The monoisotopic (exact) mass is 417 g/mol. The molecule has 4 rings (SSSR count). The average molecular weight is 418 g/mol. The molecule has 2 aliphatic rings. The lowest BCUT2D eigenvalue weighted by Crippen LogP contribution is -2.47. The van der Waals surface area contributed by atoms with Crippen molar-refractivity contribution in [1.29, 1.82) is 0 Å². The summed E-state index contributed by atoms with van der Waals surface area (Å²) in [5, 5.41) is 2.92. The van der Waals surface area contributed by atoms with Crippen LogP contribution in [0.25, 0.3) is 0 Å². The number of benzene rings is 2. The highest BCUT2D eigenvalue weighted by Crippen LogP contribution is 2.55. The number of anilines is 1. The minimum Gasteiger partial charge on any atom is -0.325 e. The summed E-state index contributed by atoms with van der Waals surface area (Å²) in [7, 11) is -3.80. The maximum Gasteiger partial charge on any atom is 0.282 e. The number of carbonyl (C=O) groups excluding carboxylic acids is 1. The van der Waals surface area contributed by atoms with E-state index in [-0.39, 0.29) is 12.5 Å². The van der Waals surface area contributed by atoms with Gasteiger partial charge in [0.15, 0.2) is 0 Å². The molecule has 1 saturated heterocycles. The average Bonchev–Trinajstić information content (AvgIpc) is 3.24. The summed E-state index contributed by atoms with van der Waals surface area (Å²) in [6, 6.07) is 12.4. The highest BCUT2D eigenvalue weighted by atomic mass is 32.2. The highest BCUT2D eigenvalue weighted by molar-refractivity contribution is 7.86. The van der Waals surface area contributed by atoms with E-state index in [1.165, 1.54) is 20.7 Å². The molecule has 2 heterocycles. The van der Waals surface area contributed by atoms with Crippen molar-refractivity contribution in [2.75, 3.05) is 25.0 Å². The van der Waals surface area contributed by atoms with Gasteiger partial charge < -0.3 is 5.32 Å². The second-order valence-electron chi connectivity index (χ2n) is 7.38. The van der Waals surface area contributed by atoms with Crippen LogP contribution in [0.5, 0.6) is 0 Å². The second-order valence-corrected chi connectivity index (χ2v) is 9.26. The van der Waals surface area contributed by atoms with Gasteiger partial charge in [-0.2, -0.15) is 17.0 Å². The predicted octanol–water partition coefficient (Wildman–Crippen LogP) is 3.05. The summed E-state index contributed by atoms with van der Waals surface area (Å²) >= 11 is 0. The van der Waals surface area contributed by atoms with Gasteiger partial charge >= 0.3 is 0 Å². The molecule has 0 aromatic heterocycles. The standard InChI is InChI=1S/C21H24FN3O3S/c1-3-24(4-2)29(27,28)25-14-13-21(19(25)15-9-11-16(22)12-10-15)17-7-5-6-8-18(17)23-20(21)26/h5-12,19H,3-4,13-14H2,1-2H3,(H,23,26)/t19-,21+/m0/s1. The summed E-state index contributed by atoms with van der Waals surface area (Å²) < 4.78 is 43.3. The highest BCUT2D eigenvalue weighted by Gasteiger charge is 2.61. The van der Waals surface area contributed by atoms with E-state index in [4.69, 9.17) is 0 Å². The number of fused-ring (bicyclic) bond motifs is 2. The fraction of sp³-hybridized carbons (Fsp3) is 0.381. The summed E-state index contributed by atoms with van der Waals surface area (Å²) in [4.78, 5) is 13.3. The molecule has 0 saturated carbocycles. The Morgan fingerprint density at radius 2 is 1.79 bits per heavy atom. The van der Waals surface area contributed by atoms with Crippen molar-refractivity contribution in [3.05, 3.63) is 65.5 Å². The first-order valence-corrected chi connectivity index (χ1v) is 11.2. The Bertz CT molecular complexity index is 1040. The van der Waals surface area contributed by atoms with Crippen molar-refractivity contribution in [3.63, 3.8) is 0 Å². The fourth-order valence-corrected chi connectivity index (χ4v) is 6.54. The summed E-state index contributed by atoms with van der Waals surface area (Å²) in [5.74, 6) is -0.625. The number of hydrogen-bond donors (Lipinski definition) is 1. The van der Waals surface area contributed by atoms with E-state index in [0.29, 0.717) is 30.8 Å². The number of rotatable bonds is 5. The van der Waals surface area contributed by atoms with Crippen molar-refractivity contribution >= 4 is 21.8 Å². The summed E-state index contributed by atoms with van der Waals surface area (Å²) in [6.45, 7) is 4.46. The van der Waals surface area contributed by atoms with Gasteiger partial charge in [0.2, 0.25) is 5.91 Å². The van der Waals surface area contributed by atoms with E-state index in [0.717, 1.165) is 5.56 Å². The van der Waals surface area contributed by atoms with Crippen LogP contribution in [0.3, 0.4) is 0 Å². The molecular weight excluding hydrogens is 393 g/mol. The summed E-state index contributed by atoms with van der Waals surface area (Å²) in [6.07, 6.45) is 0.360. The second kappa shape index (κ2) is 7.19. The predicted molar refractivity (Wildman–Crippen MR) is 109 cm³/mol. The van der Waals surface area contributed by atoms with Gasteiger partial charge in [0.05, 0.1) is 11.5 Å². The van der Waals surface area contributed by atoms with Crippen LogP contribution in [-0.4, -0.2) is 42.6 Å². The van der Waals surface area contributed by atoms with Crippen LogP contribution in [0.2, 0.25) is 0 Å². The van der Waals surface area contributed by atoms with Crippen LogP contribution >= 0.6 is 0 Å². The first-order valence-electron chi connectivity index (χ1n) is 9.79. The zero-order valence-electron chi connectivity index (χ0n) is 16.4. The number of amides is 1. The third kappa shape index (κ3) is 2.89. The van der Waals surface area contributed by atoms with Gasteiger partial charge in [-0.15, -0.1) is 0 Å². The topological polar surface area (TPSA) is 69.7 Å². The van der Waals surface area contributed by atoms with Crippen molar-refractivity contribution < 1.29 is 17.6 Å². The van der Waals surface area contributed by atoms with Crippen LogP contribution in [0, 0.1) is 5.82 Å². The number of halogens is 1. The fourth-order valence-electron chi connectivity index (χ4n) is 4.70. The third-order valence-electron chi connectivity index (χ3n) is 6.06. The van der Waals surface area contributed by atoms with Crippen molar-refractivity contribution in [3.8, 4) is 0 Å². The van der Waals surface area contributed by atoms with E-state index in [9.17, 15) is 17.6 Å². The number of hydrogen-bond acceptors (Lipinski definition) is 3. The van der Waals surface area contributed by atoms with E-state index in [1.807, 2.05) is 24.3 Å². The quantitative estimate of drug-likeness (QED) is 0.813. The molecule has 0 bridgehead atoms. The molecule has 0 radical (unpaired) electrons. The number of carbonyl (C=O) groups is 1. The minimum absolute atomic E-state index is 0.211. The van der Waals surface area contributed by atoms with Gasteiger partial charge in [-0.1, -0.05) is 44.2 Å². The van der Waals surface area contributed by atoms with Crippen LogP contribution in [0.15, 0.2) is 48.5 Å². The first kappa shape index (κ1) is 20.0. The van der Waals surface area contributed by atoms with Gasteiger partial charge in [-0.25, -0.2) is 4.39 Å². The maximum absolute atomic E-state index is 13.6. The minimum atomic E-state index is -3.80. The SMILES string of the molecule is CCN(CC)S(=O)(=O)N1CC[C@]2(C(=O)Nc3ccccc32)[C@@H]1c1ccc(F)cc1. The lowest BCUT2D eigenvalue weighted by Gasteiger charge is -2.36. The zero-order valence-corrected chi connectivity index (χ0v) is 17.2. The molecule has 1 fully saturated rings. The van der Waals surface area contributed by atoms with Crippen LogP contribution in [-0.2, 0) is 20.4 Å². The molecule has 0 aliphatic carbocycles. The van der Waals surface area contributed by atoms with Crippen molar-refractivity contribution in [2.24, 2.45) is 0 Å². The van der Waals surface area contributed by atoms with Gasteiger partial charge in [-0.3, -0.25) is 4.79 Å². The number of nitrogens with one attached hydrogen (secondary N) is 1. The molecule has 2 aromatic carbocycles. The zero-order chi connectivity index (χ0) is 20.8. The lowest BCUT2D eigenvalue weighted by molar-refractivity contribution is -0.121. The first-order chi connectivity index (χ1) is 13.9. The third-order valence-corrected chi connectivity index (χ3v) is 8.21. The van der Waals surface area contributed by atoms with Crippen LogP contribution in [0.1, 0.15) is 37.4 Å². The van der Waals surface area contributed by atoms with Gasteiger partial charge in [0.25, 0.3) is 10.2 Å². The van der Waals surface area contributed by atoms with Gasteiger partial charge in [0.1, 0.15) is 5.82 Å². The Labute approximate surface area is 170 Å². The molecule has 1 spiro atoms. The molecule has 2 atom stereocenters. The molecule has 6 nitrogen and oxygen atoms in total. The molecule has 1 amide bonds. The van der Waals surface area contributed by atoms with Crippen LogP contribution < -0.4 is 5.32 Å². The van der Waals surface area contributed by atoms with Gasteiger partial charge in [0, 0.05) is 25.3 Å². The lowest BCUT2D eigenvalue weighted by atomic mass is 9.73. The molecule has 29 heavy (non-hydrogen) atoms. The normalized spacial score (nSPS) is 24.3. The molecular formula is C21H24FN3O3S.